The third-order valence-electron chi connectivity index (χ3n) is 11.2. The second kappa shape index (κ2) is 20.9. The Morgan fingerprint density at radius 1 is 0.830 bits per heavy atom. The molecule has 0 aliphatic carbocycles. The Bertz CT molecular complexity index is 1210. The zero-order valence-corrected chi connectivity index (χ0v) is 33.5. The number of carbonyl (C=O) groups excluding carboxylic acids is 2. The summed E-state index contributed by atoms with van der Waals surface area (Å²) >= 11 is 0. The Morgan fingerprint density at radius 2 is 1.45 bits per heavy atom. The number of aliphatic hydroxyl groups is 4. The number of rotatable bonds is 10. The van der Waals surface area contributed by atoms with Gasteiger partial charge in [-0.2, -0.15) is 0 Å². The van der Waals surface area contributed by atoms with Crippen LogP contribution in [0.5, 0.6) is 0 Å². The van der Waals surface area contributed by atoms with Crippen molar-refractivity contribution in [3.05, 3.63) is 23.8 Å². The lowest BCUT2D eigenvalue weighted by molar-refractivity contribution is -0.304. The lowest BCUT2D eigenvalue weighted by Crippen LogP contribution is -2.63. The van der Waals surface area contributed by atoms with Crippen molar-refractivity contribution in [2.45, 2.75) is 154 Å². The van der Waals surface area contributed by atoms with Crippen LogP contribution in [0, 0.1) is 23.7 Å². The maximum Gasteiger partial charge on any atom is 0.308 e. The molecular formula is C39H67NO13. The molecule has 0 unspecified atom stereocenters. The summed E-state index contributed by atoms with van der Waals surface area (Å²) in [7, 11) is 6.47. The zero-order valence-electron chi connectivity index (χ0n) is 33.5. The van der Waals surface area contributed by atoms with Gasteiger partial charge in [0.2, 0.25) is 0 Å². The lowest BCUT2D eigenvalue weighted by atomic mass is 9.80. The molecule has 0 aromatic carbocycles. The van der Waals surface area contributed by atoms with Gasteiger partial charge in [-0.15, -0.1) is 0 Å². The van der Waals surface area contributed by atoms with Crippen molar-refractivity contribution in [3.8, 4) is 0 Å². The smallest absolute Gasteiger partial charge is 0.308 e. The SMILES string of the molecule is CC[C@H]1C[C@@H](C)C(=O)/C=C/C(C)=C/[C@H](CO[C@@H]2O[C@H](C)[C@@H](O)[C@@H](OC)[C@H]2OC)[C@@H](CC)OC(=O)C[C@@H](O)[C@H](C)[C@H]1O[C@@H]1O[C@H](C)[C@@H](O)[C@H](N(C)C)[C@H]1O. The molecule has 4 N–H and O–H groups in total. The van der Waals surface area contributed by atoms with E-state index in [0.29, 0.717) is 19.3 Å². The second-order valence-electron chi connectivity index (χ2n) is 15.4. The molecule has 0 aromatic heterocycles. The molecule has 306 valence electrons. The topological polar surface area (TPSA) is 183 Å². The molecule has 2 fully saturated rings. The molecule has 14 heteroatoms. The van der Waals surface area contributed by atoms with Gasteiger partial charge >= 0.3 is 5.97 Å². The molecule has 3 aliphatic heterocycles. The van der Waals surface area contributed by atoms with E-state index in [4.69, 9.17) is 33.2 Å². The van der Waals surface area contributed by atoms with Crippen molar-refractivity contribution in [2.75, 3.05) is 34.9 Å². The minimum Gasteiger partial charge on any atom is -0.462 e. The number of ether oxygens (including phenoxy) is 7. The summed E-state index contributed by atoms with van der Waals surface area (Å²) in [6.45, 7) is 12.8. The van der Waals surface area contributed by atoms with Gasteiger partial charge in [0.1, 0.15) is 30.5 Å². The van der Waals surface area contributed by atoms with E-state index in [-0.39, 0.29) is 24.7 Å². The average molecular weight is 758 g/mol. The molecule has 17 atom stereocenters. The summed E-state index contributed by atoms with van der Waals surface area (Å²) in [5.74, 6) is -2.49. The first-order chi connectivity index (χ1) is 25.0. The standard InChI is InChI=1S/C39H67NO13/c1-12-25-17-21(4)27(41)15-14-20(3)16-26(19-49-39-37(48-11)36(47-10)33(45)24(7)51-39)29(13-2)52-30(43)18-28(42)22(5)35(25)53-38-34(46)31(40(8)9)32(44)23(6)50-38/h14-16,21-26,28-29,31-39,42,44-46H,12-13,17-19H2,1-11H3/b15-14+,20-16+/t21-,22+,23-,24-,25+,26-,28-,29-,31+,32-,33-,34-,35-,36-,37-,38+,39-/m1/s1. The third-order valence-corrected chi connectivity index (χ3v) is 11.2. The number of allylic oxidation sites excluding steroid dienone is 3. The second-order valence-corrected chi connectivity index (χ2v) is 15.4. The Balaban J connectivity index is 1.93. The fraction of sp³-hybridized carbons (Fsp3) is 0.846. The summed E-state index contributed by atoms with van der Waals surface area (Å²) < 4.78 is 41.9. The van der Waals surface area contributed by atoms with E-state index in [0.717, 1.165) is 5.57 Å². The highest BCUT2D eigenvalue weighted by Crippen LogP contribution is 2.35. The van der Waals surface area contributed by atoms with Gasteiger partial charge in [0.25, 0.3) is 0 Å². The van der Waals surface area contributed by atoms with Crippen molar-refractivity contribution >= 4 is 11.8 Å². The molecule has 0 saturated carbocycles. The van der Waals surface area contributed by atoms with Gasteiger partial charge in [0.15, 0.2) is 18.4 Å². The molecule has 3 heterocycles. The zero-order chi connectivity index (χ0) is 39.7. The molecular weight excluding hydrogens is 690 g/mol. The maximum absolute atomic E-state index is 13.6. The fourth-order valence-electron chi connectivity index (χ4n) is 7.80. The number of esters is 1. The van der Waals surface area contributed by atoms with Crippen LogP contribution in [0.3, 0.4) is 0 Å². The molecule has 14 nitrogen and oxygen atoms in total. The molecule has 0 aromatic rings. The van der Waals surface area contributed by atoms with Crippen LogP contribution in [-0.2, 0) is 42.7 Å². The van der Waals surface area contributed by atoms with Crippen molar-refractivity contribution < 1.29 is 63.2 Å². The van der Waals surface area contributed by atoms with Gasteiger partial charge in [-0.3, -0.25) is 9.59 Å². The Labute approximate surface area is 315 Å². The number of ketones is 1. The number of likely N-dealkylation sites (N-methyl/N-ethyl adjacent to an activating group) is 1. The van der Waals surface area contributed by atoms with Gasteiger partial charge in [-0.1, -0.05) is 51.8 Å². The van der Waals surface area contributed by atoms with Crippen LogP contribution in [0.4, 0.5) is 0 Å². The van der Waals surface area contributed by atoms with Crippen LogP contribution in [0.15, 0.2) is 23.8 Å². The predicted octanol–water partition coefficient (Wildman–Crippen LogP) is 2.38. The molecule has 53 heavy (non-hydrogen) atoms. The van der Waals surface area contributed by atoms with Gasteiger partial charge in [-0.05, 0) is 59.7 Å². The quantitative estimate of drug-likeness (QED) is 0.239. The number of hydrogen-bond acceptors (Lipinski definition) is 14. The number of methoxy groups -OCH3 is 2. The van der Waals surface area contributed by atoms with E-state index >= 15 is 0 Å². The molecule has 0 amide bonds. The van der Waals surface area contributed by atoms with Gasteiger partial charge in [0, 0.05) is 32.0 Å². The first-order valence-electron chi connectivity index (χ1n) is 19.1. The van der Waals surface area contributed by atoms with E-state index in [1.807, 2.05) is 33.8 Å². The summed E-state index contributed by atoms with van der Waals surface area (Å²) in [6, 6.07) is -0.670. The maximum atomic E-state index is 13.6. The Morgan fingerprint density at radius 3 is 2.04 bits per heavy atom. The number of aliphatic hydroxyl groups excluding tert-OH is 4. The minimum atomic E-state index is -1.21. The number of hydrogen-bond donors (Lipinski definition) is 4. The fourth-order valence-corrected chi connectivity index (χ4v) is 7.80. The van der Waals surface area contributed by atoms with E-state index in [1.54, 1.807) is 51.9 Å². The summed E-state index contributed by atoms with van der Waals surface area (Å²) in [5, 5.41) is 44.3. The van der Waals surface area contributed by atoms with Gasteiger partial charge < -0.3 is 58.5 Å². The van der Waals surface area contributed by atoms with Crippen molar-refractivity contribution in [2.24, 2.45) is 23.7 Å². The third kappa shape index (κ3) is 11.6. The highest BCUT2D eigenvalue weighted by atomic mass is 16.7. The van der Waals surface area contributed by atoms with Crippen LogP contribution in [0.2, 0.25) is 0 Å². The van der Waals surface area contributed by atoms with Gasteiger partial charge in [0.05, 0.1) is 49.6 Å². The average Bonchev–Trinajstić information content (AvgIpc) is 3.11. The van der Waals surface area contributed by atoms with Gasteiger partial charge in [-0.25, -0.2) is 0 Å². The van der Waals surface area contributed by atoms with E-state index in [9.17, 15) is 30.0 Å². The minimum absolute atomic E-state index is 0.0446. The molecule has 0 spiro atoms. The van der Waals surface area contributed by atoms with E-state index in [1.165, 1.54) is 14.2 Å². The highest BCUT2D eigenvalue weighted by molar-refractivity contribution is 5.91. The largest absolute Gasteiger partial charge is 0.462 e. The Kier molecular flexibility index (Phi) is 18.0. The monoisotopic (exact) mass is 757 g/mol. The number of cyclic esters (lactones) is 1. The van der Waals surface area contributed by atoms with Crippen LogP contribution in [-0.4, -0.2) is 152 Å². The Hall–Kier alpha value is -1.82. The highest BCUT2D eigenvalue weighted by Gasteiger charge is 2.48. The molecule has 0 radical (unpaired) electrons. The summed E-state index contributed by atoms with van der Waals surface area (Å²) in [4.78, 5) is 28.8. The van der Waals surface area contributed by atoms with Crippen molar-refractivity contribution in [1.82, 2.24) is 4.90 Å². The van der Waals surface area contributed by atoms with Crippen LogP contribution in [0.25, 0.3) is 0 Å². The van der Waals surface area contributed by atoms with Crippen molar-refractivity contribution in [3.63, 3.8) is 0 Å². The van der Waals surface area contributed by atoms with E-state index in [2.05, 4.69) is 0 Å². The first kappa shape index (κ1) is 45.6. The van der Waals surface area contributed by atoms with Crippen LogP contribution in [0.1, 0.15) is 74.1 Å². The molecule has 3 rings (SSSR count). The molecule has 0 bridgehead atoms. The van der Waals surface area contributed by atoms with E-state index < -0.39 is 103 Å². The van der Waals surface area contributed by atoms with Crippen LogP contribution < -0.4 is 0 Å². The first-order valence-corrected chi connectivity index (χ1v) is 19.1. The molecule has 3 aliphatic rings. The number of nitrogens with zero attached hydrogens (tertiary/aromatic N) is 1. The number of carbonyl (C=O) groups is 2. The summed E-state index contributed by atoms with van der Waals surface area (Å²) in [6.07, 6.45) is -4.12. The summed E-state index contributed by atoms with van der Waals surface area (Å²) in [5.41, 5.74) is 0.754. The predicted molar refractivity (Wildman–Crippen MR) is 195 cm³/mol. The molecule has 2 saturated heterocycles. The lowest BCUT2D eigenvalue weighted by Gasteiger charge is -2.46. The normalized spacial score (nSPS) is 44.3. The van der Waals surface area contributed by atoms with Crippen molar-refractivity contribution in [1.29, 1.82) is 0 Å². The van der Waals surface area contributed by atoms with Crippen LogP contribution >= 0.6 is 0 Å².